The van der Waals surface area contributed by atoms with E-state index in [1.807, 2.05) is 42.5 Å². The van der Waals surface area contributed by atoms with Crippen LogP contribution in [0.4, 0.5) is 15.8 Å². The van der Waals surface area contributed by atoms with Gasteiger partial charge in [0.2, 0.25) is 11.8 Å². The molecule has 7 atom stereocenters. The lowest BCUT2D eigenvalue weighted by Crippen LogP contribution is -2.42. The minimum Gasteiger partial charge on any atom is -0.484 e. The van der Waals surface area contributed by atoms with Crippen molar-refractivity contribution in [3.05, 3.63) is 105 Å². The molecule has 4 unspecified atom stereocenters. The molecule has 1 saturated heterocycles. The van der Waals surface area contributed by atoms with E-state index < -0.39 is 17.7 Å². The summed E-state index contributed by atoms with van der Waals surface area (Å²) < 4.78 is 19.4. The van der Waals surface area contributed by atoms with Crippen LogP contribution >= 0.6 is 23.1 Å². The fraction of sp³-hybridized carbons (Fsp3) is 0.273. The molecule has 3 aromatic carbocycles. The van der Waals surface area contributed by atoms with E-state index in [9.17, 15) is 23.6 Å². The van der Waals surface area contributed by atoms with E-state index in [4.69, 9.17) is 4.74 Å². The maximum atomic E-state index is 13.8. The summed E-state index contributed by atoms with van der Waals surface area (Å²) >= 11 is 2.83. The van der Waals surface area contributed by atoms with Gasteiger partial charge in [0.05, 0.1) is 22.5 Å². The lowest BCUT2D eigenvalue weighted by Gasteiger charge is -2.43. The number of carbonyl (C=O) groups is 3. The number of aromatic nitrogens is 1. The molecule has 4 aromatic rings. The topological polar surface area (TPSA) is 109 Å². The largest absolute Gasteiger partial charge is 0.484 e. The Kier molecular flexibility index (Phi) is 6.49. The Morgan fingerprint density at radius 2 is 1.64 bits per heavy atom. The van der Waals surface area contributed by atoms with Crippen molar-refractivity contribution in [2.75, 3.05) is 16.8 Å². The molecule has 3 fully saturated rings. The molecule has 222 valence electrons. The summed E-state index contributed by atoms with van der Waals surface area (Å²) in [5.74, 6) is -1.55. The van der Waals surface area contributed by atoms with Crippen LogP contribution in [-0.2, 0) is 14.4 Å². The average Bonchev–Trinajstić information content (AvgIpc) is 3.76. The van der Waals surface area contributed by atoms with Crippen LogP contribution in [0, 0.1) is 35.4 Å². The molecule has 4 aliphatic rings. The number of hydrogen-bond donors (Lipinski definition) is 2. The molecule has 0 radical (unpaired) electrons. The van der Waals surface area contributed by atoms with Crippen LogP contribution in [0.25, 0.3) is 0 Å². The number of hydrogen-bond acceptors (Lipinski definition) is 7. The zero-order chi connectivity index (χ0) is 30.1. The van der Waals surface area contributed by atoms with Gasteiger partial charge in [0.1, 0.15) is 11.6 Å². The third-order valence-electron chi connectivity index (χ3n) is 9.48. The Balaban J connectivity index is 1.06. The van der Waals surface area contributed by atoms with E-state index in [0.717, 1.165) is 21.9 Å². The number of fused-ring (bicyclic) bond motifs is 9. The summed E-state index contributed by atoms with van der Waals surface area (Å²) in [6.07, 6.45) is 0.778. The molecule has 8 rings (SSSR count). The molecule has 0 spiro atoms. The Morgan fingerprint density at radius 3 is 2.36 bits per heavy atom. The standard InChI is InChI=1S/C33H26FN3O5S2/c34-17-8-10-19(11-9-17)37-31(39)26-21-14-22(27(26)32(37)40)28-25(21)24(29-30(43-28)36-33(41)44-29)16-6-12-20(13-7-16)42-15-23(38)35-18-4-2-1-3-5-18/h1-13,21-22,24-28H,14-15H2,(H,35,38)(H,36,41)/t21-,22-,24-,25?,26?,27?,28?/m1/s1. The quantitative estimate of drug-likeness (QED) is 0.282. The third-order valence-corrected chi connectivity index (χ3v) is 12.1. The first kappa shape index (κ1) is 27.3. The summed E-state index contributed by atoms with van der Waals surface area (Å²) in [6.45, 7) is -0.143. The SMILES string of the molecule is O=C(COc1ccc([C@H]2c3sc(=O)[nH]c3SC3C2[C@H]2C[C@@H]3C3C(=O)N(c4ccc(F)cc4)C(=O)C32)cc1)Nc1ccccc1. The highest BCUT2D eigenvalue weighted by Gasteiger charge is 2.69. The lowest BCUT2D eigenvalue weighted by atomic mass is 9.68. The molecule has 2 aliphatic carbocycles. The first-order valence-corrected chi connectivity index (χ1v) is 16.2. The molecule has 44 heavy (non-hydrogen) atoms. The third kappa shape index (κ3) is 4.32. The highest BCUT2D eigenvalue weighted by Crippen LogP contribution is 2.68. The van der Waals surface area contributed by atoms with Crippen LogP contribution in [-0.4, -0.2) is 34.6 Å². The van der Waals surface area contributed by atoms with Crippen molar-refractivity contribution in [2.24, 2.45) is 29.6 Å². The molecule has 2 saturated carbocycles. The summed E-state index contributed by atoms with van der Waals surface area (Å²) in [5, 5.41) is 3.70. The molecule has 2 aliphatic heterocycles. The molecule has 2 N–H and O–H groups in total. The number of thiazole rings is 1. The summed E-state index contributed by atoms with van der Waals surface area (Å²) in [6, 6.07) is 22.2. The van der Waals surface area contributed by atoms with Gasteiger partial charge in [-0.1, -0.05) is 41.7 Å². The maximum Gasteiger partial charge on any atom is 0.305 e. The summed E-state index contributed by atoms with van der Waals surface area (Å²) in [7, 11) is 0. The number of carbonyl (C=O) groups excluding carboxylic acids is 3. The number of aromatic amines is 1. The number of anilines is 2. The van der Waals surface area contributed by atoms with Gasteiger partial charge in [-0.05, 0) is 78.3 Å². The van der Waals surface area contributed by atoms with Crippen molar-refractivity contribution in [3.8, 4) is 5.75 Å². The number of amides is 3. The van der Waals surface area contributed by atoms with Crippen LogP contribution in [0.15, 0.2) is 88.7 Å². The molecule has 3 amide bonds. The van der Waals surface area contributed by atoms with E-state index in [1.165, 1.54) is 40.5 Å². The van der Waals surface area contributed by atoms with Crippen LogP contribution in [0.3, 0.4) is 0 Å². The minimum atomic E-state index is -0.440. The zero-order valence-electron chi connectivity index (χ0n) is 23.1. The van der Waals surface area contributed by atoms with Gasteiger partial charge in [0, 0.05) is 21.7 Å². The lowest BCUT2D eigenvalue weighted by molar-refractivity contribution is -0.123. The van der Waals surface area contributed by atoms with Gasteiger partial charge in [0.25, 0.3) is 5.91 Å². The van der Waals surface area contributed by atoms with Crippen molar-refractivity contribution in [2.45, 2.75) is 22.6 Å². The molecule has 1 aromatic heterocycles. The van der Waals surface area contributed by atoms with E-state index in [0.29, 0.717) is 17.1 Å². The van der Waals surface area contributed by atoms with Gasteiger partial charge in [-0.3, -0.25) is 24.1 Å². The van der Waals surface area contributed by atoms with Crippen LogP contribution in [0.5, 0.6) is 5.75 Å². The highest BCUT2D eigenvalue weighted by atomic mass is 32.2. The smallest absolute Gasteiger partial charge is 0.305 e. The van der Waals surface area contributed by atoms with E-state index >= 15 is 0 Å². The second-order valence-electron chi connectivity index (χ2n) is 11.7. The van der Waals surface area contributed by atoms with Crippen molar-refractivity contribution >= 4 is 52.2 Å². The predicted molar refractivity (Wildman–Crippen MR) is 164 cm³/mol. The molecule has 2 bridgehead atoms. The fourth-order valence-electron chi connectivity index (χ4n) is 7.87. The molecular formula is C33H26FN3O5S2. The number of thioether (sulfide) groups is 1. The number of nitrogens with zero attached hydrogens (tertiary/aromatic N) is 1. The number of rotatable bonds is 6. The molecule has 11 heteroatoms. The second-order valence-corrected chi connectivity index (χ2v) is 13.9. The first-order valence-electron chi connectivity index (χ1n) is 14.5. The fourth-order valence-corrected chi connectivity index (χ4v) is 10.8. The van der Waals surface area contributed by atoms with Crippen LogP contribution in [0.1, 0.15) is 22.8 Å². The number of nitrogens with one attached hydrogen (secondary N) is 2. The number of imide groups is 1. The molecule has 8 nitrogen and oxygen atoms in total. The first-order chi connectivity index (χ1) is 21.4. The molecule has 3 heterocycles. The Labute approximate surface area is 259 Å². The van der Waals surface area contributed by atoms with Crippen LogP contribution in [0.2, 0.25) is 0 Å². The average molecular weight is 628 g/mol. The number of H-pyrrole nitrogens is 1. The normalized spacial score (nSPS) is 28.0. The van der Waals surface area contributed by atoms with E-state index in [1.54, 1.807) is 23.9 Å². The maximum absolute atomic E-state index is 13.8. The number of ether oxygens (including phenoxy) is 1. The van der Waals surface area contributed by atoms with Crippen molar-refractivity contribution in [3.63, 3.8) is 0 Å². The van der Waals surface area contributed by atoms with E-state index in [-0.39, 0.29) is 58.1 Å². The minimum absolute atomic E-state index is 0.00770. The van der Waals surface area contributed by atoms with Gasteiger partial charge in [0.15, 0.2) is 6.61 Å². The zero-order valence-corrected chi connectivity index (χ0v) is 24.8. The van der Waals surface area contributed by atoms with Gasteiger partial charge in [-0.25, -0.2) is 4.39 Å². The van der Waals surface area contributed by atoms with E-state index in [2.05, 4.69) is 10.3 Å². The van der Waals surface area contributed by atoms with Gasteiger partial charge in [-0.15, -0.1) is 11.8 Å². The monoisotopic (exact) mass is 627 g/mol. The van der Waals surface area contributed by atoms with Crippen LogP contribution < -0.4 is 19.8 Å². The van der Waals surface area contributed by atoms with Crippen molar-refractivity contribution < 1.29 is 23.5 Å². The summed E-state index contributed by atoms with van der Waals surface area (Å²) in [4.78, 5) is 57.5. The second kappa shape index (κ2) is 10.4. The van der Waals surface area contributed by atoms with Gasteiger partial charge >= 0.3 is 4.87 Å². The number of para-hydroxylation sites is 1. The number of halogens is 1. The number of benzene rings is 3. The predicted octanol–water partition coefficient (Wildman–Crippen LogP) is 5.27. The van der Waals surface area contributed by atoms with Gasteiger partial charge in [-0.2, -0.15) is 0 Å². The van der Waals surface area contributed by atoms with Crippen molar-refractivity contribution in [1.82, 2.24) is 4.98 Å². The van der Waals surface area contributed by atoms with Crippen molar-refractivity contribution in [1.29, 1.82) is 0 Å². The Bertz CT molecular complexity index is 1840. The van der Waals surface area contributed by atoms with Gasteiger partial charge < -0.3 is 15.0 Å². The Morgan fingerprint density at radius 1 is 0.932 bits per heavy atom. The summed E-state index contributed by atoms with van der Waals surface area (Å²) in [5.41, 5.74) is 2.09. The highest BCUT2D eigenvalue weighted by molar-refractivity contribution is 8.00. The molecular weight excluding hydrogens is 602 g/mol. The Hall–Kier alpha value is -4.22.